The number of rotatable bonds is 3. The standard InChI is InChI=1S/C14H22N4O2/c1-9-6-12(14(20)17-10(2)15)13(16-7-9)18-5-3-4-11(19)8-18/h6-7,10-11,19H,3-5,8,15H2,1-2H3,(H,17,20)/t10?,11-/m1/s1. The number of carbonyl (C=O) groups is 1. The van der Waals surface area contributed by atoms with Gasteiger partial charge in [-0.3, -0.25) is 4.79 Å². The van der Waals surface area contributed by atoms with Gasteiger partial charge < -0.3 is 21.1 Å². The first-order valence-electron chi connectivity index (χ1n) is 6.93. The van der Waals surface area contributed by atoms with Crippen LogP contribution in [0.5, 0.6) is 0 Å². The Kier molecular flexibility index (Phi) is 4.57. The van der Waals surface area contributed by atoms with Gasteiger partial charge in [0.25, 0.3) is 5.91 Å². The molecular formula is C14H22N4O2. The monoisotopic (exact) mass is 278 g/mol. The highest BCUT2D eigenvalue weighted by Crippen LogP contribution is 2.23. The van der Waals surface area contributed by atoms with Crippen molar-refractivity contribution in [3.63, 3.8) is 0 Å². The van der Waals surface area contributed by atoms with Gasteiger partial charge in [-0.2, -0.15) is 0 Å². The fourth-order valence-electron chi connectivity index (χ4n) is 2.41. The van der Waals surface area contributed by atoms with Crippen LogP contribution < -0.4 is 16.0 Å². The van der Waals surface area contributed by atoms with Crippen LogP contribution in [-0.4, -0.2) is 41.4 Å². The van der Waals surface area contributed by atoms with Gasteiger partial charge in [0.2, 0.25) is 0 Å². The van der Waals surface area contributed by atoms with Crippen LogP contribution in [0, 0.1) is 6.92 Å². The minimum atomic E-state index is -0.414. The number of hydrogen-bond acceptors (Lipinski definition) is 5. The Morgan fingerprint density at radius 3 is 3.05 bits per heavy atom. The minimum Gasteiger partial charge on any atom is -0.391 e. The maximum atomic E-state index is 12.2. The highest BCUT2D eigenvalue weighted by molar-refractivity contribution is 5.99. The summed E-state index contributed by atoms with van der Waals surface area (Å²) in [5.74, 6) is 0.388. The zero-order valence-electron chi connectivity index (χ0n) is 12.0. The molecule has 0 aliphatic carbocycles. The van der Waals surface area contributed by atoms with Crippen molar-refractivity contribution in [3.8, 4) is 0 Å². The molecule has 0 radical (unpaired) electrons. The van der Waals surface area contributed by atoms with Crippen molar-refractivity contribution in [1.29, 1.82) is 0 Å². The predicted molar refractivity (Wildman–Crippen MR) is 77.5 cm³/mol. The number of β-amino-alcohol motifs (C(OH)–C–C–N with tert-alkyl or cyclic N) is 1. The molecule has 2 atom stereocenters. The van der Waals surface area contributed by atoms with E-state index in [1.807, 2.05) is 11.8 Å². The number of carbonyl (C=O) groups excluding carboxylic acids is 1. The summed E-state index contributed by atoms with van der Waals surface area (Å²) in [7, 11) is 0. The molecule has 0 aromatic carbocycles. The second kappa shape index (κ2) is 6.19. The Bertz CT molecular complexity index is 490. The molecule has 6 nitrogen and oxygen atoms in total. The second-order valence-electron chi connectivity index (χ2n) is 5.39. The summed E-state index contributed by atoms with van der Waals surface area (Å²) in [6, 6.07) is 1.81. The van der Waals surface area contributed by atoms with Crippen LogP contribution in [0.2, 0.25) is 0 Å². The van der Waals surface area contributed by atoms with E-state index < -0.39 is 6.17 Å². The molecule has 0 saturated carbocycles. The summed E-state index contributed by atoms with van der Waals surface area (Å²) in [5.41, 5.74) is 7.04. The second-order valence-corrected chi connectivity index (χ2v) is 5.39. The maximum Gasteiger partial charge on any atom is 0.256 e. The van der Waals surface area contributed by atoms with Crippen molar-refractivity contribution in [1.82, 2.24) is 10.3 Å². The molecule has 1 saturated heterocycles. The lowest BCUT2D eigenvalue weighted by Gasteiger charge is -2.32. The quantitative estimate of drug-likeness (QED) is 0.696. The summed E-state index contributed by atoms with van der Waals surface area (Å²) in [6.07, 6.45) is 2.65. The molecule has 1 aliphatic rings. The van der Waals surface area contributed by atoms with E-state index in [2.05, 4.69) is 10.3 Å². The van der Waals surface area contributed by atoms with Gasteiger partial charge in [-0.1, -0.05) is 0 Å². The summed E-state index contributed by atoms with van der Waals surface area (Å²) < 4.78 is 0. The van der Waals surface area contributed by atoms with Crippen molar-refractivity contribution in [2.45, 2.75) is 39.0 Å². The van der Waals surface area contributed by atoms with Crippen LogP contribution in [0.25, 0.3) is 0 Å². The average Bonchev–Trinajstić information content (AvgIpc) is 2.37. The average molecular weight is 278 g/mol. The van der Waals surface area contributed by atoms with Crippen molar-refractivity contribution in [2.75, 3.05) is 18.0 Å². The maximum absolute atomic E-state index is 12.2. The molecule has 4 N–H and O–H groups in total. The van der Waals surface area contributed by atoms with E-state index in [0.29, 0.717) is 17.9 Å². The normalized spacial score (nSPS) is 20.6. The zero-order valence-corrected chi connectivity index (χ0v) is 12.0. The molecule has 110 valence electrons. The Hall–Kier alpha value is -1.66. The fourth-order valence-corrected chi connectivity index (χ4v) is 2.41. The highest BCUT2D eigenvalue weighted by atomic mass is 16.3. The van der Waals surface area contributed by atoms with Gasteiger partial charge in [-0.25, -0.2) is 4.98 Å². The molecule has 2 rings (SSSR count). The molecule has 0 spiro atoms. The Balaban J connectivity index is 2.29. The lowest BCUT2D eigenvalue weighted by atomic mass is 10.1. The van der Waals surface area contributed by atoms with E-state index in [1.54, 1.807) is 19.2 Å². The lowest BCUT2D eigenvalue weighted by Crippen LogP contribution is -2.42. The molecule has 0 bridgehead atoms. The molecule has 1 aliphatic heterocycles. The third-order valence-electron chi connectivity index (χ3n) is 3.30. The third kappa shape index (κ3) is 3.46. The highest BCUT2D eigenvalue weighted by Gasteiger charge is 2.23. The van der Waals surface area contributed by atoms with Gasteiger partial charge >= 0.3 is 0 Å². The molecule has 1 unspecified atom stereocenters. The summed E-state index contributed by atoms with van der Waals surface area (Å²) in [4.78, 5) is 18.6. The molecule has 1 aromatic rings. The minimum absolute atomic E-state index is 0.230. The zero-order chi connectivity index (χ0) is 14.7. The van der Waals surface area contributed by atoms with Gasteiger partial charge in [0.15, 0.2) is 0 Å². The van der Waals surface area contributed by atoms with Gasteiger partial charge in [-0.05, 0) is 38.3 Å². The molecule has 2 heterocycles. The first-order chi connectivity index (χ1) is 9.47. The number of anilines is 1. The van der Waals surface area contributed by atoms with Crippen molar-refractivity contribution >= 4 is 11.7 Å². The first kappa shape index (κ1) is 14.7. The number of hydrogen-bond donors (Lipinski definition) is 3. The molecule has 1 amide bonds. The number of aryl methyl sites for hydroxylation is 1. The fraction of sp³-hybridized carbons (Fsp3) is 0.571. The van der Waals surface area contributed by atoms with Crippen molar-refractivity contribution in [2.24, 2.45) is 5.73 Å². The predicted octanol–water partition coefficient (Wildman–Crippen LogP) is 0.386. The molecular weight excluding hydrogens is 256 g/mol. The summed E-state index contributed by atoms with van der Waals surface area (Å²) >= 11 is 0. The number of amides is 1. The SMILES string of the molecule is Cc1cnc(N2CCC[C@@H](O)C2)c(C(=O)NC(C)N)c1. The smallest absolute Gasteiger partial charge is 0.256 e. The van der Waals surface area contributed by atoms with Crippen LogP contribution in [0.3, 0.4) is 0 Å². The van der Waals surface area contributed by atoms with E-state index in [4.69, 9.17) is 5.73 Å². The van der Waals surface area contributed by atoms with Crippen LogP contribution in [0.1, 0.15) is 35.7 Å². The molecule has 20 heavy (non-hydrogen) atoms. The molecule has 1 fully saturated rings. The van der Waals surface area contributed by atoms with Crippen LogP contribution in [0.15, 0.2) is 12.3 Å². The lowest BCUT2D eigenvalue weighted by molar-refractivity contribution is 0.0940. The number of pyridine rings is 1. The molecule has 1 aromatic heterocycles. The van der Waals surface area contributed by atoms with Crippen LogP contribution >= 0.6 is 0 Å². The Morgan fingerprint density at radius 2 is 2.40 bits per heavy atom. The summed E-state index contributed by atoms with van der Waals surface area (Å²) in [6.45, 7) is 4.91. The van der Waals surface area contributed by atoms with Gasteiger partial charge in [0.05, 0.1) is 17.8 Å². The summed E-state index contributed by atoms with van der Waals surface area (Å²) in [5, 5.41) is 12.5. The number of piperidine rings is 1. The van der Waals surface area contributed by atoms with Crippen LogP contribution in [-0.2, 0) is 0 Å². The van der Waals surface area contributed by atoms with Crippen molar-refractivity contribution in [3.05, 3.63) is 23.4 Å². The number of nitrogens with two attached hydrogens (primary N) is 1. The third-order valence-corrected chi connectivity index (χ3v) is 3.30. The number of nitrogens with zero attached hydrogens (tertiary/aromatic N) is 2. The first-order valence-corrected chi connectivity index (χ1v) is 6.93. The van der Waals surface area contributed by atoms with Gasteiger partial charge in [0, 0.05) is 19.3 Å². The van der Waals surface area contributed by atoms with Crippen molar-refractivity contribution < 1.29 is 9.90 Å². The van der Waals surface area contributed by atoms with E-state index in [9.17, 15) is 9.90 Å². The number of nitrogens with one attached hydrogen (secondary N) is 1. The Morgan fingerprint density at radius 1 is 1.65 bits per heavy atom. The van der Waals surface area contributed by atoms with Crippen LogP contribution in [0.4, 0.5) is 5.82 Å². The van der Waals surface area contributed by atoms with E-state index in [1.165, 1.54) is 0 Å². The van der Waals surface area contributed by atoms with E-state index >= 15 is 0 Å². The number of aromatic nitrogens is 1. The largest absolute Gasteiger partial charge is 0.391 e. The Labute approximate surface area is 119 Å². The molecule has 6 heteroatoms. The topological polar surface area (TPSA) is 91.5 Å². The van der Waals surface area contributed by atoms with E-state index in [-0.39, 0.29) is 12.0 Å². The van der Waals surface area contributed by atoms with Gasteiger partial charge in [-0.15, -0.1) is 0 Å². The van der Waals surface area contributed by atoms with Gasteiger partial charge in [0.1, 0.15) is 5.82 Å². The number of aliphatic hydroxyl groups excluding tert-OH is 1. The van der Waals surface area contributed by atoms with E-state index in [0.717, 1.165) is 24.9 Å². The number of aliphatic hydroxyl groups is 1.